The van der Waals surface area contributed by atoms with Crippen LogP contribution in [-0.4, -0.2) is 37.5 Å². The average molecular weight is 326 g/mol. The van der Waals surface area contributed by atoms with E-state index in [9.17, 15) is 9.59 Å². The van der Waals surface area contributed by atoms with E-state index in [-0.39, 0.29) is 30.1 Å². The summed E-state index contributed by atoms with van der Waals surface area (Å²) in [7, 11) is 0. The summed E-state index contributed by atoms with van der Waals surface area (Å²) in [6.07, 6.45) is 0. The average Bonchev–Trinajstić information content (AvgIpc) is 2.43. The van der Waals surface area contributed by atoms with Crippen LogP contribution in [0.15, 0.2) is 30.3 Å². The van der Waals surface area contributed by atoms with Gasteiger partial charge in [-0.2, -0.15) is 0 Å². The first kappa shape index (κ1) is 18.5. The van der Waals surface area contributed by atoms with Gasteiger partial charge in [0.1, 0.15) is 6.04 Å². The summed E-state index contributed by atoms with van der Waals surface area (Å²) in [6.45, 7) is 6.42. The number of carbonyl (C=O) groups excluding carboxylic acids is 2. The van der Waals surface area contributed by atoms with E-state index >= 15 is 0 Å². The molecule has 6 heteroatoms. The second kappa shape index (κ2) is 8.76. The molecule has 1 aliphatic heterocycles. The van der Waals surface area contributed by atoms with Gasteiger partial charge >= 0.3 is 0 Å². The van der Waals surface area contributed by atoms with Gasteiger partial charge in [-0.15, -0.1) is 12.4 Å². The van der Waals surface area contributed by atoms with Crippen molar-refractivity contribution in [2.24, 2.45) is 11.8 Å². The Morgan fingerprint density at radius 1 is 1.23 bits per heavy atom. The predicted molar refractivity (Wildman–Crippen MR) is 89.2 cm³/mol. The lowest BCUT2D eigenvalue weighted by atomic mass is 10.0. The van der Waals surface area contributed by atoms with E-state index in [0.29, 0.717) is 18.0 Å². The molecule has 3 N–H and O–H groups in total. The highest BCUT2D eigenvalue weighted by atomic mass is 35.5. The predicted octanol–water partition coefficient (Wildman–Crippen LogP) is 1.20. The first-order chi connectivity index (χ1) is 10.1. The Kier molecular flexibility index (Phi) is 7.35. The fraction of sp³-hybridized carbons (Fsp3) is 0.500. The molecular weight excluding hydrogens is 302 g/mol. The first-order valence-corrected chi connectivity index (χ1v) is 7.42. The Bertz CT molecular complexity index is 489. The summed E-state index contributed by atoms with van der Waals surface area (Å²) in [5.74, 6) is 0.222. The van der Waals surface area contributed by atoms with E-state index < -0.39 is 6.04 Å². The molecular formula is C16H24ClN3O2. The molecule has 0 radical (unpaired) electrons. The standard InChI is InChI=1S/C16H23N3O2.ClH/c1-11(2)14(16(21)18-10-12-8-17-9-12)19-15(20)13-6-4-3-5-7-13;/h3-7,11-12,14,17H,8-10H2,1-2H3,(H,18,21)(H,19,20);1H. The number of halogens is 1. The third kappa shape index (κ3) is 5.00. The molecule has 1 saturated heterocycles. The molecule has 22 heavy (non-hydrogen) atoms. The quantitative estimate of drug-likeness (QED) is 0.736. The van der Waals surface area contributed by atoms with Crippen molar-refractivity contribution in [3.63, 3.8) is 0 Å². The zero-order chi connectivity index (χ0) is 15.2. The maximum absolute atomic E-state index is 12.2. The van der Waals surface area contributed by atoms with Crippen LogP contribution in [0.5, 0.6) is 0 Å². The van der Waals surface area contributed by atoms with E-state index in [2.05, 4.69) is 16.0 Å². The van der Waals surface area contributed by atoms with Crippen LogP contribution in [0.4, 0.5) is 0 Å². The Morgan fingerprint density at radius 3 is 2.36 bits per heavy atom. The molecule has 2 rings (SSSR count). The van der Waals surface area contributed by atoms with Crippen molar-refractivity contribution in [1.29, 1.82) is 0 Å². The van der Waals surface area contributed by atoms with Crippen molar-refractivity contribution >= 4 is 24.2 Å². The monoisotopic (exact) mass is 325 g/mol. The summed E-state index contributed by atoms with van der Waals surface area (Å²) in [6, 6.07) is 8.45. The molecule has 1 aromatic rings. The van der Waals surface area contributed by atoms with E-state index in [4.69, 9.17) is 0 Å². The van der Waals surface area contributed by atoms with E-state index in [0.717, 1.165) is 13.1 Å². The smallest absolute Gasteiger partial charge is 0.251 e. The summed E-state index contributed by atoms with van der Waals surface area (Å²) in [4.78, 5) is 24.4. The number of rotatable bonds is 6. The van der Waals surface area contributed by atoms with Crippen molar-refractivity contribution in [2.45, 2.75) is 19.9 Å². The zero-order valence-corrected chi connectivity index (χ0v) is 13.8. The molecule has 1 unspecified atom stereocenters. The van der Waals surface area contributed by atoms with Crippen LogP contribution >= 0.6 is 12.4 Å². The molecule has 2 amide bonds. The minimum absolute atomic E-state index is 0. The Hall–Kier alpha value is -1.59. The maximum Gasteiger partial charge on any atom is 0.251 e. The van der Waals surface area contributed by atoms with E-state index in [1.807, 2.05) is 32.0 Å². The van der Waals surface area contributed by atoms with Gasteiger partial charge in [0.05, 0.1) is 0 Å². The fourth-order valence-electron chi connectivity index (χ4n) is 2.20. The van der Waals surface area contributed by atoms with Crippen molar-refractivity contribution < 1.29 is 9.59 Å². The van der Waals surface area contributed by atoms with Gasteiger partial charge in [-0.05, 0) is 18.1 Å². The topological polar surface area (TPSA) is 70.2 Å². The maximum atomic E-state index is 12.2. The fourth-order valence-corrected chi connectivity index (χ4v) is 2.20. The first-order valence-electron chi connectivity index (χ1n) is 7.42. The summed E-state index contributed by atoms with van der Waals surface area (Å²) in [5.41, 5.74) is 0.569. The van der Waals surface area contributed by atoms with Crippen LogP contribution in [0.3, 0.4) is 0 Å². The van der Waals surface area contributed by atoms with Gasteiger partial charge in [0.25, 0.3) is 5.91 Å². The summed E-state index contributed by atoms with van der Waals surface area (Å²) >= 11 is 0. The lowest BCUT2D eigenvalue weighted by Gasteiger charge is -2.29. The highest BCUT2D eigenvalue weighted by Gasteiger charge is 2.26. The molecule has 1 atom stereocenters. The molecule has 1 fully saturated rings. The van der Waals surface area contributed by atoms with Crippen LogP contribution in [0, 0.1) is 11.8 Å². The second-order valence-corrected chi connectivity index (χ2v) is 5.83. The SMILES string of the molecule is CC(C)C(NC(=O)c1ccccc1)C(=O)NCC1CNC1.Cl. The number of carbonyl (C=O) groups is 2. The molecule has 0 saturated carbocycles. The number of benzene rings is 1. The molecule has 5 nitrogen and oxygen atoms in total. The van der Waals surface area contributed by atoms with Crippen molar-refractivity contribution in [2.75, 3.05) is 19.6 Å². The Labute approximate surface area is 137 Å². The summed E-state index contributed by atoms with van der Waals surface area (Å²) in [5, 5.41) is 8.92. The third-order valence-corrected chi connectivity index (χ3v) is 3.70. The Balaban J connectivity index is 0.00000242. The van der Waals surface area contributed by atoms with Gasteiger partial charge in [-0.1, -0.05) is 32.0 Å². The minimum atomic E-state index is -0.509. The van der Waals surface area contributed by atoms with E-state index in [1.54, 1.807) is 12.1 Å². The van der Waals surface area contributed by atoms with Crippen molar-refractivity contribution in [1.82, 2.24) is 16.0 Å². The molecule has 1 heterocycles. The molecule has 1 aromatic carbocycles. The largest absolute Gasteiger partial charge is 0.354 e. The summed E-state index contributed by atoms with van der Waals surface area (Å²) < 4.78 is 0. The van der Waals surface area contributed by atoms with Crippen LogP contribution in [0.25, 0.3) is 0 Å². The highest BCUT2D eigenvalue weighted by Crippen LogP contribution is 2.06. The molecule has 1 aliphatic rings. The number of hydrogen-bond acceptors (Lipinski definition) is 3. The van der Waals surface area contributed by atoms with Gasteiger partial charge < -0.3 is 16.0 Å². The molecule has 0 aliphatic carbocycles. The number of amides is 2. The number of hydrogen-bond donors (Lipinski definition) is 3. The van der Waals surface area contributed by atoms with Crippen LogP contribution in [0.2, 0.25) is 0 Å². The van der Waals surface area contributed by atoms with Crippen LogP contribution in [-0.2, 0) is 4.79 Å². The normalized spacial score (nSPS) is 15.4. The highest BCUT2D eigenvalue weighted by molar-refractivity contribution is 5.97. The third-order valence-electron chi connectivity index (χ3n) is 3.70. The van der Waals surface area contributed by atoms with Gasteiger partial charge in [-0.25, -0.2) is 0 Å². The van der Waals surface area contributed by atoms with Gasteiger partial charge in [0.2, 0.25) is 5.91 Å². The lowest BCUT2D eigenvalue weighted by molar-refractivity contribution is -0.124. The molecule has 122 valence electrons. The molecule has 0 aromatic heterocycles. The molecule has 0 spiro atoms. The van der Waals surface area contributed by atoms with Crippen LogP contribution in [0.1, 0.15) is 24.2 Å². The zero-order valence-electron chi connectivity index (χ0n) is 13.0. The van der Waals surface area contributed by atoms with Crippen LogP contribution < -0.4 is 16.0 Å². The van der Waals surface area contributed by atoms with Crippen molar-refractivity contribution in [3.8, 4) is 0 Å². The van der Waals surface area contributed by atoms with Crippen molar-refractivity contribution in [3.05, 3.63) is 35.9 Å². The van der Waals surface area contributed by atoms with E-state index in [1.165, 1.54) is 0 Å². The number of nitrogens with one attached hydrogen (secondary N) is 3. The van der Waals surface area contributed by atoms with Gasteiger partial charge in [-0.3, -0.25) is 9.59 Å². The lowest BCUT2D eigenvalue weighted by Crippen LogP contribution is -2.53. The van der Waals surface area contributed by atoms with Gasteiger partial charge in [0, 0.05) is 31.1 Å². The van der Waals surface area contributed by atoms with Gasteiger partial charge in [0.15, 0.2) is 0 Å². The Morgan fingerprint density at radius 2 is 1.86 bits per heavy atom. The minimum Gasteiger partial charge on any atom is -0.354 e. The molecule has 0 bridgehead atoms. The second-order valence-electron chi connectivity index (χ2n) is 5.83.